The summed E-state index contributed by atoms with van der Waals surface area (Å²) in [5.41, 5.74) is 1.32. The predicted octanol–water partition coefficient (Wildman–Crippen LogP) is 4.06. The maximum Gasteiger partial charge on any atom is 0.573 e. The van der Waals surface area contributed by atoms with Gasteiger partial charge in [0, 0.05) is 5.56 Å². The van der Waals surface area contributed by atoms with Gasteiger partial charge < -0.3 is 4.74 Å². The van der Waals surface area contributed by atoms with Gasteiger partial charge in [-0.05, 0) is 29.3 Å². The van der Waals surface area contributed by atoms with E-state index in [0.29, 0.717) is 17.4 Å². The van der Waals surface area contributed by atoms with E-state index in [1.54, 1.807) is 30.3 Å². The third-order valence-electron chi connectivity index (χ3n) is 2.41. The summed E-state index contributed by atoms with van der Waals surface area (Å²) in [6.07, 6.45) is -4.30. The molecule has 2 nitrogen and oxygen atoms in total. The molecule has 0 unspecified atom stereocenters. The van der Waals surface area contributed by atoms with Gasteiger partial charge >= 0.3 is 6.36 Å². The van der Waals surface area contributed by atoms with Crippen molar-refractivity contribution in [3.8, 4) is 16.9 Å². The van der Waals surface area contributed by atoms with Crippen molar-refractivity contribution in [3.63, 3.8) is 0 Å². The molecule has 98 valence electrons. The second-order valence-corrected chi connectivity index (χ2v) is 3.82. The van der Waals surface area contributed by atoms with Gasteiger partial charge in [-0.2, -0.15) is 0 Å². The molecule has 5 heteroatoms. The van der Waals surface area contributed by atoms with Gasteiger partial charge in [0.15, 0.2) is 0 Å². The molecule has 0 bridgehead atoms. The molecule has 0 radical (unpaired) electrons. The summed E-state index contributed by atoms with van der Waals surface area (Å²) in [4.78, 5) is 10.8. The number of alkyl halides is 3. The molecule has 0 saturated carbocycles. The fraction of sp³-hybridized carbons (Fsp3) is 0.0714. The maximum atomic E-state index is 12.2. The first-order chi connectivity index (χ1) is 8.98. The van der Waals surface area contributed by atoms with E-state index in [1.807, 2.05) is 0 Å². The van der Waals surface area contributed by atoms with Crippen molar-refractivity contribution in [2.75, 3.05) is 0 Å². The smallest absolute Gasteiger partial charge is 0.406 e. The number of aldehydes is 1. The Labute approximate surface area is 107 Å². The van der Waals surface area contributed by atoms with Gasteiger partial charge in [-0.15, -0.1) is 13.2 Å². The molecule has 2 rings (SSSR count). The summed E-state index contributed by atoms with van der Waals surface area (Å²) >= 11 is 0. The zero-order valence-corrected chi connectivity index (χ0v) is 9.65. The number of benzene rings is 2. The number of carbonyl (C=O) groups is 1. The quantitative estimate of drug-likeness (QED) is 0.783. The highest BCUT2D eigenvalue weighted by Crippen LogP contribution is 2.29. The highest BCUT2D eigenvalue weighted by atomic mass is 19.4. The van der Waals surface area contributed by atoms with Gasteiger partial charge in [-0.25, -0.2) is 0 Å². The highest BCUT2D eigenvalue weighted by Gasteiger charge is 2.31. The number of hydrogen-bond acceptors (Lipinski definition) is 2. The molecule has 0 heterocycles. The number of ether oxygens (including phenoxy) is 1. The summed E-state index contributed by atoms with van der Waals surface area (Å²) in [5, 5.41) is 0. The Hall–Kier alpha value is -2.30. The normalized spacial score (nSPS) is 11.1. The molecule has 0 saturated heterocycles. The minimum atomic E-state index is -4.78. The number of carbonyl (C=O) groups excluding carboxylic acids is 1. The largest absolute Gasteiger partial charge is 0.573 e. The van der Waals surface area contributed by atoms with Crippen molar-refractivity contribution in [1.29, 1.82) is 0 Å². The third-order valence-corrected chi connectivity index (χ3v) is 2.41. The summed E-state index contributed by atoms with van der Waals surface area (Å²) in [6.45, 7) is 0. The van der Waals surface area contributed by atoms with E-state index < -0.39 is 12.1 Å². The summed E-state index contributed by atoms with van der Waals surface area (Å²) < 4.78 is 40.4. The second kappa shape index (κ2) is 5.14. The molecular formula is C14H9F3O2. The summed E-state index contributed by atoms with van der Waals surface area (Å²) in [5.74, 6) is -0.407. The van der Waals surface area contributed by atoms with Gasteiger partial charge in [-0.3, -0.25) is 4.79 Å². The van der Waals surface area contributed by atoms with Crippen molar-refractivity contribution in [3.05, 3.63) is 54.1 Å². The zero-order chi connectivity index (χ0) is 13.9. The van der Waals surface area contributed by atoms with Crippen molar-refractivity contribution >= 4 is 6.29 Å². The molecular weight excluding hydrogens is 257 g/mol. The molecule has 0 atom stereocenters. The molecule has 0 spiro atoms. The Kier molecular flexibility index (Phi) is 3.55. The van der Waals surface area contributed by atoms with Crippen LogP contribution in [0.2, 0.25) is 0 Å². The summed E-state index contributed by atoms with van der Waals surface area (Å²) in [7, 11) is 0. The lowest BCUT2D eigenvalue weighted by molar-refractivity contribution is -0.274. The highest BCUT2D eigenvalue weighted by molar-refractivity contribution is 5.80. The molecule has 0 aromatic heterocycles. The molecule has 0 aliphatic rings. The lowest BCUT2D eigenvalue weighted by Gasteiger charge is -2.11. The molecule has 0 aliphatic carbocycles. The average Bonchev–Trinajstić information content (AvgIpc) is 2.37. The van der Waals surface area contributed by atoms with Crippen LogP contribution in [-0.4, -0.2) is 12.6 Å². The lowest BCUT2D eigenvalue weighted by Crippen LogP contribution is -2.17. The van der Waals surface area contributed by atoms with E-state index in [4.69, 9.17) is 0 Å². The Bertz CT molecular complexity index is 577. The van der Waals surface area contributed by atoms with Crippen molar-refractivity contribution in [2.24, 2.45) is 0 Å². The van der Waals surface area contributed by atoms with Crippen LogP contribution in [0.3, 0.4) is 0 Å². The fourth-order valence-electron chi connectivity index (χ4n) is 1.68. The van der Waals surface area contributed by atoms with Crippen molar-refractivity contribution in [1.82, 2.24) is 0 Å². The number of halogens is 3. The van der Waals surface area contributed by atoms with Crippen LogP contribution in [0.5, 0.6) is 5.75 Å². The van der Waals surface area contributed by atoms with Crippen molar-refractivity contribution in [2.45, 2.75) is 6.36 Å². The topological polar surface area (TPSA) is 26.3 Å². The number of rotatable bonds is 3. The first-order valence-corrected chi connectivity index (χ1v) is 5.39. The van der Waals surface area contributed by atoms with Crippen molar-refractivity contribution < 1.29 is 22.7 Å². The molecule has 19 heavy (non-hydrogen) atoms. The van der Waals surface area contributed by atoms with E-state index in [9.17, 15) is 18.0 Å². The molecule has 0 amide bonds. The van der Waals surface area contributed by atoms with Gasteiger partial charge in [0.1, 0.15) is 12.0 Å². The van der Waals surface area contributed by atoms with Crippen LogP contribution < -0.4 is 4.74 Å². The molecule has 0 N–H and O–H groups in total. The van der Waals surface area contributed by atoms with E-state index in [0.717, 1.165) is 6.07 Å². The monoisotopic (exact) mass is 266 g/mol. The van der Waals surface area contributed by atoms with Crippen LogP contribution in [0.1, 0.15) is 10.4 Å². The maximum absolute atomic E-state index is 12.2. The van der Waals surface area contributed by atoms with Gasteiger partial charge in [0.2, 0.25) is 0 Å². The first kappa shape index (κ1) is 13.1. The van der Waals surface area contributed by atoms with Crippen LogP contribution in [-0.2, 0) is 0 Å². The number of hydrogen-bond donors (Lipinski definition) is 0. The van der Waals surface area contributed by atoms with Crippen LogP contribution >= 0.6 is 0 Å². The molecule has 2 aromatic carbocycles. The van der Waals surface area contributed by atoms with Gasteiger partial charge in [0.25, 0.3) is 0 Å². The SMILES string of the molecule is O=Cc1cc(OC(F)(F)F)cc(-c2ccccc2)c1. The summed E-state index contributed by atoms with van der Waals surface area (Å²) in [6, 6.07) is 12.6. The first-order valence-electron chi connectivity index (χ1n) is 5.39. The Balaban J connectivity index is 2.45. The minimum Gasteiger partial charge on any atom is -0.406 e. The molecule has 2 aromatic rings. The van der Waals surface area contributed by atoms with Crippen LogP contribution in [0.4, 0.5) is 13.2 Å². The second-order valence-electron chi connectivity index (χ2n) is 3.82. The average molecular weight is 266 g/mol. The minimum absolute atomic E-state index is 0.126. The molecule has 0 fully saturated rings. The Morgan fingerprint density at radius 2 is 1.63 bits per heavy atom. The van der Waals surface area contributed by atoms with Crippen LogP contribution in [0.25, 0.3) is 11.1 Å². The zero-order valence-electron chi connectivity index (χ0n) is 9.65. The predicted molar refractivity (Wildman–Crippen MR) is 63.9 cm³/mol. The van der Waals surface area contributed by atoms with E-state index in [-0.39, 0.29) is 5.56 Å². The van der Waals surface area contributed by atoms with Gasteiger partial charge in [0.05, 0.1) is 0 Å². The lowest BCUT2D eigenvalue weighted by atomic mass is 10.0. The Morgan fingerprint density at radius 1 is 0.947 bits per heavy atom. The van der Waals surface area contributed by atoms with Gasteiger partial charge in [-0.1, -0.05) is 30.3 Å². The van der Waals surface area contributed by atoms with E-state index in [1.165, 1.54) is 12.1 Å². The van der Waals surface area contributed by atoms with E-state index in [2.05, 4.69) is 4.74 Å². The molecule has 0 aliphatic heterocycles. The Morgan fingerprint density at radius 3 is 2.21 bits per heavy atom. The fourth-order valence-corrected chi connectivity index (χ4v) is 1.68. The third kappa shape index (κ3) is 3.58. The van der Waals surface area contributed by atoms with Crippen LogP contribution in [0, 0.1) is 0 Å². The van der Waals surface area contributed by atoms with E-state index >= 15 is 0 Å². The standard InChI is InChI=1S/C14H9F3O2/c15-14(16,17)19-13-7-10(9-18)6-12(8-13)11-4-2-1-3-5-11/h1-9H. The van der Waals surface area contributed by atoms with Crippen LogP contribution in [0.15, 0.2) is 48.5 Å².